The number of amides is 1. The quantitative estimate of drug-likeness (QED) is 0.213. The second kappa shape index (κ2) is 8.05. The molecule has 0 radical (unpaired) electrons. The summed E-state index contributed by atoms with van der Waals surface area (Å²) in [6.45, 7) is -1.14. The molecule has 1 fully saturated rings. The highest BCUT2D eigenvalue weighted by Crippen LogP contribution is 2.22. The van der Waals surface area contributed by atoms with Crippen LogP contribution in [0.1, 0.15) is 0 Å². The minimum atomic E-state index is -1.25. The molecular formula is C9H18BNO7S. The molecule has 1 saturated heterocycles. The number of hydrogen-bond donors (Lipinski definition) is 6. The van der Waals surface area contributed by atoms with E-state index in [1.54, 1.807) is 0 Å². The van der Waals surface area contributed by atoms with Crippen molar-refractivity contribution in [1.29, 1.82) is 0 Å². The number of carbonyl (C=O) groups excluding carboxylic acids is 1. The van der Waals surface area contributed by atoms with Crippen molar-refractivity contribution in [3.63, 3.8) is 0 Å². The van der Waals surface area contributed by atoms with E-state index in [9.17, 15) is 15.0 Å². The Labute approximate surface area is 116 Å². The normalized spacial score (nSPS) is 26.3. The van der Waals surface area contributed by atoms with Gasteiger partial charge in [-0.05, 0) is 0 Å². The molecular weight excluding hydrogens is 277 g/mol. The van der Waals surface area contributed by atoms with Crippen molar-refractivity contribution in [3.05, 3.63) is 0 Å². The maximum absolute atomic E-state index is 11.0. The van der Waals surface area contributed by atoms with Crippen molar-refractivity contribution in [2.24, 2.45) is 0 Å². The number of rotatable bonds is 7. The Kier molecular flexibility index (Phi) is 7.07. The molecule has 5 N–H and O–H groups in total. The number of aliphatic hydroxyl groups excluding tert-OH is 4. The first-order chi connectivity index (χ1) is 9.03. The molecule has 4 atom stereocenters. The van der Waals surface area contributed by atoms with Crippen LogP contribution < -0.4 is 5.32 Å². The second-order valence-electron chi connectivity index (χ2n) is 4.09. The second-order valence-corrected chi connectivity index (χ2v) is 4.41. The Bertz CT molecular complexity index is 280. The smallest absolute Gasteiger partial charge is 0.402 e. The van der Waals surface area contributed by atoms with Gasteiger partial charge in [0.05, 0.1) is 37.6 Å². The summed E-state index contributed by atoms with van der Waals surface area (Å²) in [5.41, 5.74) is 0. The van der Waals surface area contributed by atoms with E-state index in [4.69, 9.17) is 19.5 Å². The van der Waals surface area contributed by atoms with Crippen molar-refractivity contribution >= 4 is 25.7 Å². The Morgan fingerprint density at radius 1 is 1.21 bits per heavy atom. The van der Waals surface area contributed by atoms with Crippen molar-refractivity contribution in [2.75, 3.05) is 25.4 Å². The van der Waals surface area contributed by atoms with Gasteiger partial charge < -0.3 is 35.1 Å². The molecule has 0 aromatic heterocycles. The van der Waals surface area contributed by atoms with E-state index in [1.165, 1.54) is 0 Å². The van der Waals surface area contributed by atoms with Crippen LogP contribution in [0.3, 0.4) is 0 Å². The van der Waals surface area contributed by atoms with Gasteiger partial charge in [0.25, 0.3) is 0 Å². The number of hydrogen-bond acceptors (Lipinski definition) is 8. The maximum atomic E-state index is 11.0. The molecule has 1 aliphatic rings. The first kappa shape index (κ1) is 16.7. The Morgan fingerprint density at radius 3 is 2.05 bits per heavy atom. The third-order valence-electron chi connectivity index (χ3n) is 2.68. The molecule has 0 spiro atoms. The molecule has 0 aromatic rings. The molecule has 110 valence electrons. The maximum Gasteiger partial charge on any atom is 0.478 e. The van der Waals surface area contributed by atoms with Crippen LogP contribution in [0.5, 0.6) is 0 Å². The summed E-state index contributed by atoms with van der Waals surface area (Å²) >= 11 is 3.78. The summed E-state index contributed by atoms with van der Waals surface area (Å²) in [5.74, 6) is -0.307. The topological polar surface area (TPSA) is 128 Å². The van der Waals surface area contributed by atoms with E-state index in [-0.39, 0.29) is 18.1 Å². The summed E-state index contributed by atoms with van der Waals surface area (Å²) in [5, 5.41) is 39.4. The predicted molar refractivity (Wildman–Crippen MR) is 68.5 cm³/mol. The van der Waals surface area contributed by atoms with Gasteiger partial charge in [-0.15, -0.1) is 0 Å². The monoisotopic (exact) mass is 295 g/mol. The van der Waals surface area contributed by atoms with Crippen molar-refractivity contribution in [3.8, 4) is 0 Å². The van der Waals surface area contributed by atoms with Crippen LogP contribution in [0, 0.1) is 0 Å². The van der Waals surface area contributed by atoms with Crippen molar-refractivity contribution < 1.29 is 34.5 Å². The highest BCUT2D eigenvalue weighted by molar-refractivity contribution is 7.81. The van der Waals surface area contributed by atoms with Crippen LogP contribution in [-0.2, 0) is 14.1 Å². The van der Waals surface area contributed by atoms with Gasteiger partial charge in [-0.2, -0.15) is 12.6 Å². The zero-order valence-corrected chi connectivity index (χ0v) is 11.1. The molecule has 4 unspecified atom stereocenters. The van der Waals surface area contributed by atoms with E-state index in [2.05, 4.69) is 17.9 Å². The van der Waals surface area contributed by atoms with Gasteiger partial charge >= 0.3 is 7.12 Å². The Hall–Kier alpha value is -0.355. The molecule has 0 saturated carbocycles. The zero-order chi connectivity index (χ0) is 14.4. The minimum absolute atomic E-state index is 0.0120. The number of aliphatic hydroxyl groups is 4. The van der Waals surface area contributed by atoms with Gasteiger partial charge in [-0.3, -0.25) is 4.79 Å². The van der Waals surface area contributed by atoms with Crippen LogP contribution in [0.25, 0.3) is 0 Å². The fourth-order valence-electron chi connectivity index (χ4n) is 1.71. The lowest BCUT2D eigenvalue weighted by Crippen LogP contribution is -2.45. The third kappa shape index (κ3) is 4.60. The van der Waals surface area contributed by atoms with E-state index in [0.717, 1.165) is 0 Å². The summed E-state index contributed by atoms with van der Waals surface area (Å²) in [7, 11) is -0.874. The molecule has 1 aliphatic heterocycles. The van der Waals surface area contributed by atoms with E-state index in [0.29, 0.717) is 0 Å². The molecule has 19 heavy (non-hydrogen) atoms. The lowest BCUT2D eigenvalue weighted by atomic mass is 9.91. The molecule has 0 aliphatic carbocycles. The van der Waals surface area contributed by atoms with E-state index in [1.807, 2.05) is 0 Å². The molecule has 10 heteroatoms. The Balaban J connectivity index is 2.58. The molecule has 8 nitrogen and oxygen atoms in total. The molecule has 0 bridgehead atoms. The SMILES string of the molecule is O=C(CS)NCB1OC(C(O)CO)C(C(O)CO)O1. The van der Waals surface area contributed by atoms with E-state index >= 15 is 0 Å². The number of thiol groups is 1. The summed E-state index contributed by atoms with van der Waals surface area (Å²) in [6.07, 6.45) is -4.45. The molecule has 1 rings (SSSR count). The van der Waals surface area contributed by atoms with E-state index < -0.39 is 44.7 Å². The molecule has 1 amide bonds. The minimum Gasteiger partial charge on any atom is -0.402 e. The first-order valence-corrected chi connectivity index (χ1v) is 6.43. The lowest BCUT2D eigenvalue weighted by Gasteiger charge is -2.24. The van der Waals surface area contributed by atoms with Gasteiger partial charge in [0.1, 0.15) is 12.2 Å². The van der Waals surface area contributed by atoms with Gasteiger partial charge in [-0.1, -0.05) is 0 Å². The summed E-state index contributed by atoms with van der Waals surface area (Å²) in [6, 6.07) is 0. The fraction of sp³-hybridized carbons (Fsp3) is 0.889. The lowest BCUT2D eigenvalue weighted by molar-refractivity contribution is -0.118. The largest absolute Gasteiger partial charge is 0.478 e. The van der Waals surface area contributed by atoms with Gasteiger partial charge in [-0.25, -0.2) is 0 Å². The predicted octanol–water partition coefficient (Wildman–Crippen LogP) is -3.45. The molecule has 1 heterocycles. The van der Waals surface area contributed by atoms with Crippen LogP contribution >= 0.6 is 12.6 Å². The van der Waals surface area contributed by atoms with Gasteiger partial charge in [0, 0.05) is 0 Å². The molecule has 0 aromatic carbocycles. The van der Waals surface area contributed by atoms with Crippen LogP contribution in [-0.4, -0.2) is 83.3 Å². The zero-order valence-electron chi connectivity index (χ0n) is 10.2. The van der Waals surface area contributed by atoms with Crippen molar-refractivity contribution in [1.82, 2.24) is 5.32 Å². The highest BCUT2D eigenvalue weighted by atomic mass is 32.1. The average molecular weight is 295 g/mol. The van der Waals surface area contributed by atoms with Gasteiger partial charge in [0.2, 0.25) is 5.91 Å². The van der Waals surface area contributed by atoms with Crippen LogP contribution in [0.2, 0.25) is 0 Å². The van der Waals surface area contributed by atoms with Crippen molar-refractivity contribution in [2.45, 2.75) is 24.4 Å². The summed E-state index contributed by atoms with van der Waals surface area (Å²) < 4.78 is 10.6. The summed E-state index contributed by atoms with van der Waals surface area (Å²) in [4.78, 5) is 11.0. The fourth-order valence-corrected chi connectivity index (χ4v) is 1.83. The first-order valence-electron chi connectivity index (χ1n) is 5.79. The average Bonchev–Trinajstić information content (AvgIpc) is 2.87. The number of carbonyl (C=O) groups is 1. The third-order valence-corrected chi connectivity index (χ3v) is 2.97. The number of nitrogens with one attached hydrogen (secondary N) is 1. The highest BCUT2D eigenvalue weighted by Gasteiger charge is 2.46. The standard InChI is InChI=1S/C9H18BNO7S/c12-1-5(14)8-9(6(15)2-13)18-10(17-8)4-11-7(16)3-19/h5-6,8-9,12-15,19H,1-4H2,(H,11,16). The van der Waals surface area contributed by atoms with Gasteiger partial charge in [0.15, 0.2) is 0 Å². The van der Waals surface area contributed by atoms with Crippen LogP contribution in [0.15, 0.2) is 0 Å². The van der Waals surface area contributed by atoms with Crippen LogP contribution in [0.4, 0.5) is 0 Å². The Morgan fingerprint density at radius 2 is 1.68 bits per heavy atom.